The maximum absolute atomic E-state index is 13.1. The third kappa shape index (κ3) is 4.60. The van der Waals surface area contributed by atoms with Crippen LogP contribution in [0, 0.1) is 12.7 Å². The third-order valence-corrected chi connectivity index (χ3v) is 5.76. The smallest absolute Gasteiger partial charge is 0.315 e. The van der Waals surface area contributed by atoms with Gasteiger partial charge in [0.1, 0.15) is 18.2 Å². The number of carbonyl (C=O) groups excluding carboxylic acids is 1. The summed E-state index contributed by atoms with van der Waals surface area (Å²) in [5.41, 5.74) is 2.67. The van der Waals surface area contributed by atoms with E-state index in [1.165, 1.54) is 23.5 Å². The number of rotatable bonds is 7. The highest BCUT2D eigenvalue weighted by molar-refractivity contribution is 7.17. The topological polar surface area (TPSA) is 67.7 Å². The molecule has 154 valence electrons. The number of halogens is 1. The summed E-state index contributed by atoms with van der Waals surface area (Å²) in [6, 6.07) is 15.5. The molecule has 8 heteroatoms. The van der Waals surface area contributed by atoms with Crippen LogP contribution in [0.4, 0.5) is 9.18 Å². The molecule has 2 heterocycles. The van der Waals surface area contributed by atoms with Crippen LogP contribution in [-0.4, -0.2) is 28.6 Å². The van der Waals surface area contributed by atoms with Crippen LogP contribution < -0.4 is 15.4 Å². The van der Waals surface area contributed by atoms with E-state index in [1.807, 2.05) is 47.9 Å². The fraction of sp³-hybridized carbons (Fsp3) is 0.182. The second-order valence-electron chi connectivity index (χ2n) is 6.67. The first-order valence-corrected chi connectivity index (χ1v) is 10.3. The monoisotopic (exact) mass is 424 g/mol. The van der Waals surface area contributed by atoms with Crippen LogP contribution >= 0.6 is 11.3 Å². The van der Waals surface area contributed by atoms with Crippen LogP contribution in [-0.2, 0) is 6.54 Å². The van der Waals surface area contributed by atoms with Crippen molar-refractivity contribution in [2.24, 2.45) is 0 Å². The average molecular weight is 425 g/mol. The molecule has 0 unspecified atom stereocenters. The molecule has 0 fully saturated rings. The van der Waals surface area contributed by atoms with Gasteiger partial charge in [-0.3, -0.25) is 4.40 Å². The van der Waals surface area contributed by atoms with E-state index in [0.29, 0.717) is 19.7 Å². The molecular weight excluding hydrogens is 403 g/mol. The first-order valence-electron chi connectivity index (χ1n) is 9.53. The van der Waals surface area contributed by atoms with E-state index in [-0.39, 0.29) is 11.8 Å². The minimum Gasteiger partial charge on any atom is -0.492 e. The Kier molecular flexibility index (Phi) is 5.94. The predicted molar refractivity (Wildman–Crippen MR) is 115 cm³/mol. The Morgan fingerprint density at radius 2 is 1.90 bits per heavy atom. The van der Waals surface area contributed by atoms with Crippen molar-refractivity contribution in [1.29, 1.82) is 0 Å². The van der Waals surface area contributed by atoms with Gasteiger partial charge in [0.05, 0.1) is 18.8 Å². The Bertz CT molecular complexity index is 1140. The quantitative estimate of drug-likeness (QED) is 0.433. The van der Waals surface area contributed by atoms with Gasteiger partial charge in [-0.15, -0.1) is 0 Å². The van der Waals surface area contributed by atoms with Crippen molar-refractivity contribution < 1.29 is 13.9 Å². The summed E-state index contributed by atoms with van der Waals surface area (Å²) in [6.07, 6.45) is 1.93. The minimum atomic E-state index is -0.269. The predicted octanol–water partition coefficient (Wildman–Crippen LogP) is 4.39. The molecule has 2 amide bonds. The summed E-state index contributed by atoms with van der Waals surface area (Å²) in [4.78, 5) is 18.5. The number of hydrogen-bond acceptors (Lipinski definition) is 4. The Morgan fingerprint density at radius 1 is 1.13 bits per heavy atom. The van der Waals surface area contributed by atoms with Crippen LogP contribution in [0.15, 0.2) is 60.8 Å². The van der Waals surface area contributed by atoms with Gasteiger partial charge >= 0.3 is 6.03 Å². The SMILES string of the molecule is Cc1c(CNC(=O)NCCOc2ccccc2)sc2nc(-c3ccc(F)cc3)cn12. The van der Waals surface area contributed by atoms with E-state index in [0.717, 1.165) is 32.5 Å². The number of ether oxygens (including phenoxy) is 1. The van der Waals surface area contributed by atoms with Crippen molar-refractivity contribution in [3.63, 3.8) is 0 Å². The minimum absolute atomic E-state index is 0.246. The Hall–Kier alpha value is -3.39. The highest BCUT2D eigenvalue weighted by Crippen LogP contribution is 2.27. The van der Waals surface area contributed by atoms with Crippen molar-refractivity contribution in [2.75, 3.05) is 13.2 Å². The van der Waals surface area contributed by atoms with E-state index < -0.39 is 0 Å². The second-order valence-corrected chi connectivity index (χ2v) is 7.73. The average Bonchev–Trinajstić information content (AvgIpc) is 3.30. The number of nitrogens with zero attached hydrogens (tertiary/aromatic N) is 2. The molecule has 0 saturated heterocycles. The number of aryl methyl sites for hydroxylation is 1. The fourth-order valence-electron chi connectivity index (χ4n) is 2.99. The molecule has 4 aromatic rings. The number of urea groups is 1. The Morgan fingerprint density at radius 3 is 2.63 bits per heavy atom. The van der Waals surface area contributed by atoms with Gasteiger partial charge in [-0.05, 0) is 43.3 Å². The van der Waals surface area contributed by atoms with E-state index >= 15 is 0 Å². The number of fused-ring (bicyclic) bond motifs is 1. The lowest BCUT2D eigenvalue weighted by atomic mass is 10.2. The molecule has 0 saturated carbocycles. The Balaban J connectivity index is 1.29. The molecule has 0 aliphatic rings. The molecule has 0 aliphatic heterocycles. The normalized spacial score (nSPS) is 10.9. The van der Waals surface area contributed by atoms with Crippen LogP contribution in [0.2, 0.25) is 0 Å². The van der Waals surface area contributed by atoms with Crippen molar-refractivity contribution in [3.05, 3.63) is 77.2 Å². The van der Waals surface area contributed by atoms with E-state index in [2.05, 4.69) is 15.6 Å². The molecule has 2 N–H and O–H groups in total. The summed E-state index contributed by atoms with van der Waals surface area (Å²) in [5, 5.41) is 5.65. The molecule has 0 radical (unpaired) electrons. The molecule has 30 heavy (non-hydrogen) atoms. The van der Waals surface area contributed by atoms with Crippen LogP contribution in [0.25, 0.3) is 16.2 Å². The van der Waals surface area contributed by atoms with Crippen molar-refractivity contribution in [3.8, 4) is 17.0 Å². The number of carbonyl (C=O) groups is 1. The van der Waals surface area contributed by atoms with Gasteiger partial charge in [-0.1, -0.05) is 29.5 Å². The lowest BCUT2D eigenvalue weighted by Gasteiger charge is -2.08. The summed E-state index contributed by atoms with van der Waals surface area (Å²) in [6.45, 7) is 3.21. The van der Waals surface area contributed by atoms with Gasteiger partial charge in [-0.25, -0.2) is 14.2 Å². The highest BCUT2D eigenvalue weighted by Gasteiger charge is 2.13. The molecule has 0 spiro atoms. The van der Waals surface area contributed by atoms with Crippen molar-refractivity contribution in [2.45, 2.75) is 13.5 Å². The van der Waals surface area contributed by atoms with E-state index in [9.17, 15) is 9.18 Å². The van der Waals surface area contributed by atoms with Gasteiger partial charge in [0.2, 0.25) is 0 Å². The molecular formula is C22H21FN4O2S. The number of aromatic nitrogens is 2. The molecule has 6 nitrogen and oxygen atoms in total. The zero-order chi connectivity index (χ0) is 20.9. The number of benzene rings is 2. The summed E-state index contributed by atoms with van der Waals surface area (Å²) in [7, 11) is 0. The standard InChI is InChI=1S/C22H21FN4O2S/c1-15-20(13-25-21(28)24-11-12-29-18-5-3-2-4-6-18)30-22-26-19(14-27(15)22)16-7-9-17(23)10-8-16/h2-10,14H,11-13H2,1H3,(H2,24,25,28). The maximum Gasteiger partial charge on any atom is 0.315 e. The van der Waals surface area contributed by atoms with Gasteiger partial charge in [0.15, 0.2) is 4.96 Å². The lowest BCUT2D eigenvalue weighted by molar-refractivity contribution is 0.236. The van der Waals surface area contributed by atoms with Gasteiger partial charge in [-0.2, -0.15) is 0 Å². The summed E-state index contributed by atoms with van der Waals surface area (Å²) >= 11 is 1.52. The number of thiazole rings is 1. The first-order chi connectivity index (χ1) is 14.6. The summed E-state index contributed by atoms with van der Waals surface area (Å²) in [5.74, 6) is 0.506. The summed E-state index contributed by atoms with van der Waals surface area (Å²) < 4.78 is 20.7. The van der Waals surface area contributed by atoms with E-state index in [1.54, 1.807) is 12.1 Å². The van der Waals surface area contributed by atoms with Crippen molar-refractivity contribution >= 4 is 22.3 Å². The second kappa shape index (κ2) is 8.96. The van der Waals surface area contributed by atoms with Crippen LogP contribution in [0.3, 0.4) is 0 Å². The fourth-order valence-corrected chi connectivity index (χ4v) is 4.03. The highest BCUT2D eigenvalue weighted by atomic mass is 32.1. The van der Waals surface area contributed by atoms with Gasteiger partial charge in [0.25, 0.3) is 0 Å². The number of amides is 2. The maximum atomic E-state index is 13.1. The number of imidazole rings is 1. The van der Waals surface area contributed by atoms with Gasteiger partial charge in [0, 0.05) is 22.3 Å². The zero-order valence-electron chi connectivity index (χ0n) is 16.4. The molecule has 2 aromatic heterocycles. The third-order valence-electron chi connectivity index (χ3n) is 4.60. The van der Waals surface area contributed by atoms with Gasteiger partial charge < -0.3 is 15.4 Å². The van der Waals surface area contributed by atoms with Crippen LogP contribution in [0.5, 0.6) is 5.75 Å². The number of para-hydroxylation sites is 1. The molecule has 0 atom stereocenters. The van der Waals surface area contributed by atoms with Crippen molar-refractivity contribution in [1.82, 2.24) is 20.0 Å². The lowest BCUT2D eigenvalue weighted by Crippen LogP contribution is -2.37. The molecule has 0 aliphatic carbocycles. The Labute approximate surface area is 177 Å². The largest absolute Gasteiger partial charge is 0.492 e. The number of nitrogens with one attached hydrogen (secondary N) is 2. The van der Waals surface area contributed by atoms with Crippen LogP contribution in [0.1, 0.15) is 10.6 Å². The first kappa shape index (κ1) is 19.9. The zero-order valence-corrected chi connectivity index (χ0v) is 17.2. The number of hydrogen-bond donors (Lipinski definition) is 2. The van der Waals surface area contributed by atoms with E-state index in [4.69, 9.17) is 4.74 Å². The molecule has 2 aromatic carbocycles. The molecule has 0 bridgehead atoms. The molecule has 4 rings (SSSR count).